The fourth-order valence-electron chi connectivity index (χ4n) is 6.95. The maximum Gasteiger partial charge on any atom is 0.0541 e. The van der Waals surface area contributed by atoms with Crippen LogP contribution >= 0.6 is 0 Å². The van der Waals surface area contributed by atoms with Crippen LogP contribution in [-0.2, 0) is 0 Å². The topological polar surface area (TPSA) is 4.93 Å². The third-order valence-electron chi connectivity index (χ3n) is 8.98. The average molecular weight is 546 g/mol. The van der Waals surface area contributed by atoms with E-state index in [0.29, 0.717) is 0 Å². The van der Waals surface area contributed by atoms with Crippen LogP contribution < -0.4 is 0 Å². The van der Waals surface area contributed by atoms with Gasteiger partial charge in [0.25, 0.3) is 0 Å². The summed E-state index contributed by atoms with van der Waals surface area (Å²) < 4.78 is 2.39. The van der Waals surface area contributed by atoms with Crippen molar-refractivity contribution in [3.63, 3.8) is 0 Å². The fourth-order valence-corrected chi connectivity index (χ4v) is 6.95. The van der Waals surface area contributed by atoms with Crippen LogP contribution in [0.15, 0.2) is 164 Å². The van der Waals surface area contributed by atoms with Crippen molar-refractivity contribution < 1.29 is 0 Å². The summed E-state index contributed by atoms with van der Waals surface area (Å²) in [6, 6.07) is 59.7. The predicted octanol–water partition coefficient (Wildman–Crippen LogP) is 11.6. The van der Waals surface area contributed by atoms with Gasteiger partial charge in [0.05, 0.1) is 11.0 Å². The van der Waals surface area contributed by atoms with E-state index >= 15 is 0 Å². The average Bonchev–Trinajstić information content (AvgIpc) is 3.42. The molecule has 0 unspecified atom stereocenters. The number of aromatic nitrogens is 1. The van der Waals surface area contributed by atoms with Crippen molar-refractivity contribution in [1.82, 2.24) is 4.57 Å². The second-order valence-corrected chi connectivity index (χ2v) is 11.3. The number of hydrogen-bond acceptors (Lipinski definition) is 0. The molecule has 0 aliphatic rings. The minimum Gasteiger partial charge on any atom is -0.309 e. The smallest absolute Gasteiger partial charge is 0.0541 e. The molecule has 9 aromatic rings. The summed E-state index contributed by atoms with van der Waals surface area (Å²) in [5.74, 6) is 0. The van der Waals surface area contributed by atoms with Gasteiger partial charge in [-0.1, -0.05) is 127 Å². The van der Waals surface area contributed by atoms with Crippen LogP contribution in [0.1, 0.15) is 0 Å². The zero-order chi connectivity index (χ0) is 28.3. The lowest BCUT2D eigenvalue weighted by molar-refractivity contribution is 1.18. The molecule has 0 saturated carbocycles. The molecule has 1 aromatic heterocycles. The standard InChI is InChI=1S/C42H27N/c1-2-10-28(11-3-1)29-18-22-32(23-19-29)43-41-17-9-8-16-38(41)40-27-31(21-25-42(40)43)30-20-24-37-35-14-5-4-12-33(35)34-13-6-7-15-36(34)39(37)26-30/h1-27H. The van der Waals surface area contributed by atoms with Gasteiger partial charge in [-0.3, -0.25) is 0 Å². The van der Waals surface area contributed by atoms with Crippen LogP contribution in [0.3, 0.4) is 0 Å². The fraction of sp³-hybridized carbons (Fsp3) is 0. The molecular formula is C42H27N. The van der Waals surface area contributed by atoms with E-state index in [4.69, 9.17) is 0 Å². The molecule has 0 atom stereocenters. The molecule has 9 rings (SSSR count). The molecule has 0 spiro atoms. The van der Waals surface area contributed by atoms with Gasteiger partial charge in [-0.25, -0.2) is 0 Å². The summed E-state index contributed by atoms with van der Waals surface area (Å²) in [5.41, 5.74) is 8.53. The van der Waals surface area contributed by atoms with Gasteiger partial charge >= 0.3 is 0 Å². The van der Waals surface area contributed by atoms with Gasteiger partial charge in [0.1, 0.15) is 0 Å². The van der Waals surface area contributed by atoms with Gasteiger partial charge in [0.2, 0.25) is 0 Å². The van der Waals surface area contributed by atoms with Crippen LogP contribution in [0.4, 0.5) is 0 Å². The molecule has 43 heavy (non-hydrogen) atoms. The van der Waals surface area contributed by atoms with E-state index in [1.54, 1.807) is 0 Å². The molecule has 0 saturated heterocycles. The monoisotopic (exact) mass is 545 g/mol. The number of para-hydroxylation sites is 1. The van der Waals surface area contributed by atoms with Gasteiger partial charge in [0.15, 0.2) is 0 Å². The van der Waals surface area contributed by atoms with Crippen LogP contribution in [0.2, 0.25) is 0 Å². The first kappa shape index (κ1) is 24.0. The molecule has 0 fully saturated rings. The molecular weight excluding hydrogens is 518 g/mol. The van der Waals surface area contributed by atoms with Gasteiger partial charge in [0, 0.05) is 16.5 Å². The van der Waals surface area contributed by atoms with E-state index in [1.165, 1.54) is 82.1 Å². The second kappa shape index (κ2) is 9.44. The van der Waals surface area contributed by atoms with E-state index in [1.807, 2.05) is 0 Å². The van der Waals surface area contributed by atoms with Crippen LogP contribution in [0.5, 0.6) is 0 Å². The van der Waals surface area contributed by atoms with Crippen LogP contribution in [0.25, 0.3) is 82.1 Å². The highest BCUT2D eigenvalue weighted by Gasteiger charge is 2.14. The molecule has 0 bridgehead atoms. The summed E-state index contributed by atoms with van der Waals surface area (Å²) >= 11 is 0. The van der Waals surface area contributed by atoms with Gasteiger partial charge in [-0.15, -0.1) is 0 Å². The lowest BCUT2D eigenvalue weighted by Crippen LogP contribution is -1.93. The highest BCUT2D eigenvalue weighted by atomic mass is 15.0. The normalized spacial score (nSPS) is 11.7. The van der Waals surface area contributed by atoms with Crippen LogP contribution in [0, 0.1) is 0 Å². The van der Waals surface area contributed by atoms with Crippen molar-refractivity contribution >= 4 is 54.1 Å². The molecule has 1 heteroatoms. The first-order valence-electron chi connectivity index (χ1n) is 14.9. The highest BCUT2D eigenvalue weighted by Crippen LogP contribution is 2.39. The quantitative estimate of drug-likeness (QED) is 0.195. The summed E-state index contributed by atoms with van der Waals surface area (Å²) in [4.78, 5) is 0. The predicted molar refractivity (Wildman–Crippen MR) is 184 cm³/mol. The zero-order valence-electron chi connectivity index (χ0n) is 23.5. The highest BCUT2D eigenvalue weighted by molar-refractivity contribution is 6.25. The Bertz CT molecular complexity index is 2450. The molecule has 1 nitrogen and oxygen atoms in total. The number of benzene rings is 8. The first-order valence-corrected chi connectivity index (χ1v) is 14.9. The number of hydrogen-bond donors (Lipinski definition) is 0. The molecule has 1 heterocycles. The third kappa shape index (κ3) is 3.72. The van der Waals surface area contributed by atoms with Gasteiger partial charge in [-0.05, 0) is 91.0 Å². The third-order valence-corrected chi connectivity index (χ3v) is 8.98. The lowest BCUT2D eigenvalue weighted by Gasteiger charge is -2.12. The van der Waals surface area contributed by atoms with E-state index in [9.17, 15) is 0 Å². The second-order valence-electron chi connectivity index (χ2n) is 11.3. The van der Waals surface area contributed by atoms with Crippen molar-refractivity contribution in [3.05, 3.63) is 164 Å². The lowest BCUT2D eigenvalue weighted by atomic mass is 9.92. The number of fused-ring (bicyclic) bond motifs is 9. The maximum atomic E-state index is 2.39. The van der Waals surface area contributed by atoms with Crippen molar-refractivity contribution in [3.8, 4) is 27.9 Å². The Balaban J connectivity index is 1.23. The Labute approximate surface area is 249 Å². The molecule has 0 aliphatic carbocycles. The maximum absolute atomic E-state index is 2.39. The van der Waals surface area contributed by atoms with Gasteiger partial charge in [-0.2, -0.15) is 0 Å². The minimum atomic E-state index is 1.17. The van der Waals surface area contributed by atoms with E-state index in [-0.39, 0.29) is 0 Å². The number of rotatable bonds is 3. The molecule has 0 amide bonds. The molecule has 0 aliphatic heterocycles. The molecule has 0 radical (unpaired) electrons. The Kier molecular flexibility index (Phi) is 5.27. The summed E-state index contributed by atoms with van der Waals surface area (Å²) in [6.45, 7) is 0. The van der Waals surface area contributed by atoms with E-state index < -0.39 is 0 Å². The van der Waals surface area contributed by atoms with Gasteiger partial charge < -0.3 is 4.57 Å². The SMILES string of the molecule is c1ccc(-c2ccc(-n3c4ccccc4c4cc(-c5ccc6c7ccccc7c7ccccc7c6c5)ccc43)cc2)cc1. The molecule has 0 N–H and O–H groups in total. The van der Waals surface area contributed by atoms with E-state index in [0.717, 1.165) is 0 Å². The summed E-state index contributed by atoms with van der Waals surface area (Å²) in [7, 11) is 0. The minimum absolute atomic E-state index is 1.17. The van der Waals surface area contributed by atoms with Crippen molar-refractivity contribution in [2.75, 3.05) is 0 Å². The molecule has 8 aromatic carbocycles. The molecule has 200 valence electrons. The number of nitrogens with zero attached hydrogens (tertiary/aromatic N) is 1. The Morgan fingerprint density at radius 2 is 0.698 bits per heavy atom. The Morgan fingerprint density at radius 3 is 1.37 bits per heavy atom. The van der Waals surface area contributed by atoms with Crippen molar-refractivity contribution in [2.45, 2.75) is 0 Å². The van der Waals surface area contributed by atoms with E-state index in [2.05, 4.69) is 168 Å². The van der Waals surface area contributed by atoms with Crippen LogP contribution in [-0.4, -0.2) is 4.57 Å². The first-order chi connectivity index (χ1) is 21.3. The van der Waals surface area contributed by atoms with Crippen molar-refractivity contribution in [2.24, 2.45) is 0 Å². The summed E-state index contributed by atoms with van der Waals surface area (Å²) in [6.07, 6.45) is 0. The zero-order valence-corrected chi connectivity index (χ0v) is 23.5. The Morgan fingerprint density at radius 1 is 0.256 bits per heavy atom. The largest absolute Gasteiger partial charge is 0.309 e. The van der Waals surface area contributed by atoms with Crippen molar-refractivity contribution in [1.29, 1.82) is 0 Å². The summed E-state index contributed by atoms with van der Waals surface area (Å²) in [5, 5.41) is 10.4. The Hall–Kier alpha value is -5.66.